The first-order valence-corrected chi connectivity index (χ1v) is 11.3. The number of rotatable bonds is 5. The van der Waals surface area contributed by atoms with Gasteiger partial charge in [0.15, 0.2) is 10.9 Å². The lowest BCUT2D eigenvalue weighted by molar-refractivity contribution is 0.0992. The zero-order valence-corrected chi connectivity index (χ0v) is 19.9. The Morgan fingerprint density at radius 3 is 2.29 bits per heavy atom. The number of benzene rings is 2. The van der Waals surface area contributed by atoms with Crippen molar-refractivity contribution in [2.45, 2.75) is 24.3 Å². The summed E-state index contributed by atoms with van der Waals surface area (Å²) < 4.78 is 3.36. The van der Waals surface area contributed by atoms with Crippen molar-refractivity contribution < 1.29 is 4.79 Å². The third kappa shape index (κ3) is 3.86. The molecule has 1 atom stereocenters. The van der Waals surface area contributed by atoms with Gasteiger partial charge in [0.2, 0.25) is 0 Å². The zero-order valence-electron chi connectivity index (χ0n) is 19.1. The molecular formula is C24H23N5O4S. The maximum Gasteiger partial charge on any atom is 0.332 e. The van der Waals surface area contributed by atoms with Crippen LogP contribution in [0.4, 0.5) is 5.82 Å². The average molecular weight is 478 g/mol. The Morgan fingerprint density at radius 2 is 1.62 bits per heavy atom. The molecule has 34 heavy (non-hydrogen) atoms. The van der Waals surface area contributed by atoms with E-state index in [1.54, 1.807) is 31.2 Å². The van der Waals surface area contributed by atoms with E-state index in [1.807, 2.05) is 31.2 Å². The van der Waals surface area contributed by atoms with Crippen LogP contribution in [-0.2, 0) is 14.1 Å². The number of ketones is 1. The molecule has 1 unspecified atom stereocenters. The highest BCUT2D eigenvalue weighted by atomic mass is 32.2. The molecule has 0 aliphatic heterocycles. The minimum Gasteiger partial charge on any atom is -0.384 e. The van der Waals surface area contributed by atoms with Crippen molar-refractivity contribution in [1.82, 2.24) is 18.7 Å². The van der Waals surface area contributed by atoms with Gasteiger partial charge in [-0.2, -0.15) is 0 Å². The molecule has 0 amide bonds. The fourth-order valence-electron chi connectivity index (χ4n) is 3.62. The molecule has 0 bridgehead atoms. The van der Waals surface area contributed by atoms with E-state index < -0.39 is 22.3 Å². The number of carbonyl (C=O) groups is 1. The average Bonchev–Trinajstić information content (AvgIpc) is 2.82. The summed E-state index contributed by atoms with van der Waals surface area (Å²) in [5.74, 6) is -0.760. The molecule has 2 aromatic carbocycles. The first kappa shape index (κ1) is 23.2. The molecule has 0 aliphatic rings. The van der Waals surface area contributed by atoms with Crippen LogP contribution in [0, 0.1) is 6.92 Å². The van der Waals surface area contributed by atoms with E-state index in [9.17, 15) is 19.2 Å². The van der Waals surface area contributed by atoms with Crippen molar-refractivity contribution >= 4 is 34.3 Å². The van der Waals surface area contributed by atoms with Crippen LogP contribution in [0.3, 0.4) is 0 Å². The molecule has 4 rings (SSSR count). The predicted octanol–water partition coefficient (Wildman–Crippen LogP) is 2.04. The van der Waals surface area contributed by atoms with Crippen LogP contribution in [0.15, 0.2) is 68.1 Å². The van der Waals surface area contributed by atoms with Crippen LogP contribution in [0.2, 0.25) is 0 Å². The fraction of sp³-hybridized carbons (Fsp3) is 0.208. The van der Waals surface area contributed by atoms with Gasteiger partial charge in [-0.1, -0.05) is 41.6 Å². The lowest BCUT2D eigenvalue weighted by Gasteiger charge is -2.17. The summed E-state index contributed by atoms with van der Waals surface area (Å²) in [5, 5.41) is -0.0755. The number of aryl methyl sites for hydroxylation is 1. The van der Waals surface area contributed by atoms with E-state index in [-0.39, 0.29) is 16.9 Å². The van der Waals surface area contributed by atoms with Crippen LogP contribution in [-0.4, -0.2) is 29.7 Å². The quantitative estimate of drug-likeness (QED) is 0.265. The molecule has 2 N–H and O–H groups in total. The molecular weight excluding hydrogens is 454 g/mol. The Bertz CT molecular complexity index is 1620. The number of carbonyl (C=O) groups excluding carboxylic acids is 1. The van der Waals surface area contributed by atoms with Crippen molar-refractivity contribution in [3.63, 3.8) is 0 Å². The van der Waals surface area contributed by atoms with E-state index in [4.69, 9.17) is 5.73 Å². The standard InChI is InChI=1S/C24H23N5O4S/c1-13-9-11-15(12-10-13)29-21(31)16-7-5-6-8-17(16)26-23(29)34-14(2)19(30)18-20(25)27(3)24(33)28(4)22(18)32/h5-12,14H,25H2,1-4H3. The Hall–Kier alpha value is -3.92. The molecule has 0 aliphatic carbocycles. The summed E-state index contributed by atoms with van der Waals surface area (Å²) in [6.07, 6.45) is 0. The smallest absolute Gasteiger partial charge is 0.332 e. The summed E-state index contributed by atoms with van der Waals surface area (Å²) >= 11 is 1.05. The van der Waals surface area contributed by atoms with Crippen molar-refractivity contribution in [3.05, 3.63) is 90.8 Å². The molecule has 2 aromatic heterocycles. The maximum absolute atomic E-state index is 13.4. The van der Waals surface area contributed by atoms with Gasteiger partial charge in [-0.15, -0.1) is 0 Å². The van der Waals surface area contributed by atoms with Crippen LogP contribution >= 0.6 is 11.8 Å². The van der Waals surface area contributed by atoms with Gasteiger partial charge in [-0.25, -0.2) is 9.78 Å². The third-order valence-corrected chi connectivity index (χ3v) is 6.70. The second kappa shape index (κ2) is 8.79. The molecule has 9 nitrogen and oxygen atoms in total. The van der Waals surface area contributed by atoms with Crippen molar-refractivity contribution in [2.24, 2.45) is 14.1 Å². The number of nitrogens with two attached hydrogens (primary N) is 1. The summed E-state index contributed by atoms with van der Waals surface area (Å²) in [7, 11) is 2.68. The zero-order chi connectivity index (χ0) is 24.7. The highest BCUT2D eigenvalue weighted by molar-refractivity contribution is 8.00. The number of hydrogen-bond donors (Lipinski definition) is 1. The Balaban J connectivity index is 1.85. The molecule has 0 saturated heterocycles. The van der Waals surface area contributed by atoms with Gasteiger partial charge in [0.25, 0.3) is 11.1 Å². The minimum absolute atomic E-state index is 0.201. The summed E-state index contributed by atoms with van der Waals surface area (Å²) in [4.78, 5) is 56.1. The fourth-order valence-corrected chi connectivity index (χ4v) is 4.61. The molecule has 0 saturated carbocycles. The normalized spacial score (nSPS) is 12.1. The number of hydrogen-bond acceptors (Lipinski definition) is 7. The molecule has 10 heteroatoms. The van der Waals surface area contributed by atoms with E-state index in [2.05, 4.69) is 4.98 Å². The number of anilines is 1. The highest BCUT2D eigenvalue weighted by Crippen LogP contribution is 2.27. The van der Waals surface area contributed by atoms with E-state index >= 15 is 0 Å². The number of para-hydroxylation sites is 1. The Kier molecular flexibility index (Phi) is 6.01. The number of nitrogens with zero attached hydrogens (tertiary/aromatic N) is 4. The van der Waals surface area contributed by atoms with Crippen molar-refractivity contribution in [2.75, 3.05) is 5.73 Å². The van der Waals surface area contributed by atoms with E-state index in [1.165, 1.54) is 18.7 Å². The lowest BCUT2D eigenvalue weighted by atomic mass is 10.1. The number of aromatic nitrogens is 4. The van der Waals surface area contributed by atoms with Crippen molar-refractivity contribution in [1.29, 1.82) is 0 Å². The molecule has 4 aromatic rings. The first-order chi connectivity index (χ1) is 16.1. The van der Waals surface area contributed by atoms with Gasteiger partial charge >= 0.3 is 5.69 Å². The van der Waals surface area contributed by atoms with Crippen LogP contribution in [0.1, 0.15) is 22.8 Å². The number of Topliss-reactive ketones (excluding diaryl/α,β-unsaturated/α-hetero) is 1. The highest BCUT2D eigenvalue weighted by Gasteiger charge is 2.27. The SMILES string of the molecule is Cc1ccc(-n2c(SC(C)C(=O)c3c(N)n(C)c(=O)n(C)c3=O)nc3ccccc3c2=O)cc1. The second-order valence-corrected chi connectivity index (χ2v) is 9.29. The van der Waals surface area contributed by atoms with E-state index in [0.717, 1.165) is 26.5 Å². The monoisotopic (exact) mass is 477 g/mol. The van der Waals surface area contributed by atoms with Crippen molar-refractivity contribution in [3.8, 4) is 5.69 Å². The predicted molar refractivity (Wildman–Crippen MR) is 133 cm³/mol. The van der Waals surface area contributed by atoms with Crippen LogP contribution < -0.4 is 22.5 Å². The Morgan fingerprint density at radius 1 is 0.971 bits per heavy atom. The topological polar surface area (TPSA) is 122 Å². The molecule has 174 valence electrons. The van der Waals surface area contributed by atoms with E-state index in [0.29, 0.717) is 21.7 Å². The van der Waals surface area contributed by atoms with Gasteiger partial charge in [0.1, 0.15) is 11.4 Å². The summed E-state index contributed by atoms with van der Waals surface area (Å²) in [5.41, 5.74) is 6.18. The second-order valence-electron chi connectivity index (χ2n) is 7.98. The van der Waals surface area contributed by atoms with Crippen LogP contribution in [0.5, 0.6) is 0 Å². The maximum atomic E-state index is 13.4. The minimum atomic E-state index is -0.822. The lowest BCUT2D eigenvalue weighted by Crippen LogP contribution is -2.42. The number of fused-ring (bicyclic) bond motifs is 1. The van der Waals surface area contributed by atoms with Gasteiger partial charge in [0.05, 0.1) is 21.8 Å². The molecule has 0 spiro atoms. The summed E-state index contributed by atoms with van der Waals surface area (Å²) in [6.45, 7) is 3.55. The molecule has 0 radical (unpaired) electrons. The largest absolute Gasteiger partial charge is 0.384 e. The third-order valence-electron chi connectivity index (χ3n) is 5.64. The van der Waals surface area contributed by atoms with Gasteiger partial charge in [-0.05, 0) is 38.1 Å². The first-order valence-electron chi connectivity index (χ1n) is 10.5. The molecule has 0 fully saturated rings. The number of thioether (sulfide) groups is 1. The Labute approximate surface area is 198 Å². The van der Waals surface area contributed by atoms with Gasteiger partial charge in [0, 0.05) is 14.1 Å². The van der Waals surface area contributed by atoms with Gasteiger partial charge < -0.3 is 5.73 Å². The van der Waals surface area contributed by atoms with Gasteiger partial charge in [-0.3, -0.25) is 28.1 Å². The van der Waals surface area contributed by atoms with Crippen LogP contribution in [0.25, 0.3) is 16.6 Å². The summed E-state index contributed by atoms with van der Waals surface area (Å²) in [6, 6.07) is 14.4. The number of nitrogen functional groups attached to an aromatic ring is 1. The molecule has 2 heterocycles.